The number of phosphoric ester groups is 2. The Morgan fingerprint density at radius 2 is 0.480 bits per heavy atom. The molecule has 0 aliphatic heterocycles. The largest absolute Gasteiger partial charge is 0.472 e. The van der Waals surface area contributed by atoms with Crippen LogP contribution in [0.5, 0.6) is 0 Å². The molecule has 5 unspecified atom stereocenters. The van der Waals surface area contributed by atoms with Crippen molar-refractivity contribution in [2.75, 3.05) is 39.6 Å². The van der Waals surface area contributed by atoms with Gasteiger partial charge in [0.05, 0.1) is 26.4 Å². The van der Waals surface area contributed by atoms with E-state index in [0.717, 1.165) is 180 Å². The number of hydrogen-bond donors (Lipinski definition) is 3. The minimum absolute atomic E-state index is 0.0724. The molecule has 19 heteroatoms. The Labute approximate surface area is 619 Å². The third-order valence-electron chi connectivity index (χ3n) is 16.7. The van der Waals surface area contributed by atoms with Gasteiger partial charge in [-0.25, -0.2) is 9.13 Å². The molecule has 0 aromatic rings. The van der Waals surface area contributed by atoms with Gasteiger partial charge in [0.2, 0.25) is 0 Å². The Morgan fingerprint density at radius 3 is 0.735 bits per heavy atom. The summed E-state index contributed by atoms with van der Waals surface area (Å²) < 4.78 is 68.6. The van der Waals surface area contributed by atoms with Crippen molar-refractivity contribution in [3.63, 3.8) is 0 Å². The number of carbonyl (C=O) groups is 4. The van der Waals surface area contributed by atoms with Crippen LogP contribution in [0.4, 0.5) is 0 Å². The van der Waals surface area contributed by atoms with Gasteiger partial charge in [-0.2, -0.15) is 0 Å². The van der Waals surface area contributed by atoms with E-state index >= 15 is 0 Å². The zero-order valence-corrected chi connectivity index (χ0v) is 66.0. The molecule has 0 aromatic carbocycles. The molecule has 0 amide bonds. The number of allylic oxidation sites excluding steroid dienone is 18. The summed E-state index contributed by atoms with van der Waals surface area (Å²) in [5.41, 5.74) is 0. The maximum absolute atomic E-state index is 13.1. The maximum atomic E-state index is 13.1. The van der Waals surface area contributed by atoms with Gasteiger partial charge in [-0.15, -0.1) is 0 Å². The normalized spacial score (nSPS) is 14.5. The van der Waals surface area contributed by atoms with Crippen molar-refractivity contribution in [2.24, 2.45) is 0 Å². The predicted octanol–water partition coefficient (Wildman–Crippen LogP) is 23.3. The first-order valence-corrected chi connectivity index (χ1v) is 43.1. The molecule has 0 fully saturated rings. The summed E-state index contributed by atoms with van der Waals surface area (Å²) in [5, 5.41) is 10.6. The molecule has 3 N–H and O–H groups in total. The summed E-state index contributed by atoms with van der Waals surface area (Å²) in [5.74, 6) is -2.24. The molecule has 0 saturated carbocycles. The van der Waals surface area contributed by atoms with Crippen LogP contribution in [0.2, 0.25) is 0 Å². The van der Waals surface area contributed by atoms with Crippen LogP contribution in [-0.2, 0) is 65.4 Å². The second kappa shape index (κ2) is 75.0. The standard InChI is InChI=1S/C83H144O17P2/c1-5-9-13-17-21-25-29-33-37-38-42-44-48-52-56-60-64-68-81(86)94-74-79(100-83(88)70-66-62-58-54-50-46-41-36-32-28-24-20-16-12-8-4)76-98-102(91,92)96-72-77(84)71-95-101(89,90)97-75-78(99-82(87)69-65-61-57-53-49-45-40-35-31-27-23-19-15-11-7-3)73-93-80(85)67-63-59-55-51-47-43-39-34-30-26-22-18-14-10-6-2/h21-28,33-37,39-42,44,77-79,84H,5-20,29-32,38,43,45-76H2,1-4H3,(H,89,90)(H,91,92). The Morgan fingerprint density at radius 1 is 0.275 bits per heavy atom. The number of rotatable bonds is 75. The van der Waals surface area contributed by atoms with Gasteiger partial charge in [0.15, 0.2) is 12.2 Å². The SMILES string of the molecule is CCCCCC=CCC=CCC=CCCCCCCC(=O)OCC(COP(=O)(O)OCC(O)COP(=O)(O)OCC(COC(=O)CCCCCCCC=CCC=CCCCCC)OC(=O)CCCCCCCC=CCC=CCCCCC)OC(=O)CCCCCCCC=CCC=CCCCCC. The fourth-order valence-electron chi connectivity index (χ4n) is 10.5. The molecule has 0 saturated heterocycles. The van der Waals surface area contributed by atoms with E-state index in [0.29, 0.717) is 25.7 Å². The fourth-order valence-corrected chi connectivity index (χ4v) is 12.1. The molecular weight excluding hydrogens is 1330 g/mol. The molecule has 0 radical (unpaired) electrons. The van der Waals surface area contributed by atoms with E-state index in [2.05, 4.69) is 137 Å². The summed E-state index contributed by atoms with van der Waals surface area (Å²) in [6.45, 7) is 4.72. The number of aliphatic hydroxyl groups is 1. The number of carbonyl (C=O) groups excluding carboxylic acids is 4. The maximum Gasteiger partial charge on any atom is 0.472 e. The van der Waals surface area contributed by atoms with Gasteiger partial charge in [0, 0.05) is 25.7 Å². The summed E-state index contributed by atoms with van der Waals surface area (Å²) in [7, 11) is -9.97. The topological polar surface area (TPSA) is 237 Å². The third-order valence-corrected chi connectivity index (χ3v) is 18.6. The van der Waals surface area contributed by atoms with E-state index in [1.165, 1.54) is 77.0 Å². The van der Waals surface area contributed by atoms with E-state index in [9.17, 15) is 43.2 Å². The van der Waals surface area contributed by atoms with Crippen LogP contribution in [0.25, 0.3) is 0 Å². The highest BCUT2D eigenvalue weighted by atomic mass is 31.2. The number of unbranched alkanes of at least 4 members (excludes halogenated alkanes) is 31. The second-order valence-electron chi connectivity index (χ2n) is 26.6. The van der Waals surface area contributed by atoms with Crippen molar-refractivity contribution < 1.29 is 80.2 Å². The summed E-state index contributed by atoms with van der Waals surface area (Å²) in [6.07, 6.45) is 80.5. The average Bonchev–Trinajstić information content (AvgIpc) is 0.923. The highest BCUT2D eigenvalue weighted by molar-refractivity contribution is 7.47. The summed E-state index contributed by atoms with van der Waals surface area (Å²) in [6, 6.07) is 0. The average molecular weight is 1480 g/mol. The lowest BCUT2D eigenvalue weighted by molar-refractivity contribution is -0.161. The molecule has 0 aromatic heterocycles. The van der Waals surface area contributed by atoms with Crippen molar-refractivity contribution in [2.45, 2.75) is 354 Å². The van der Waals surface area contributed by atoms with Crippen molar-refractivity contribution in [3.05, 3.63) is 109 Å². The Kier molecular flexibility index (Phi) is 71.8. The van der Waals surface area contributed by atoms with Gasteiger partial charge in [-0.1, -0.05) is 259 Å². The molecule has 0 bridgehead atoms. The summed E-state index contributed by atoms with van der Waals surface area (Å²) in [4.78, 5) is 73.0. The zero-order valence-electron chi connectivity index (χ0n) is 64.3. The number of phosphoric acid groups is 2. The number of esters is 4. The molecule has 0 rings (SSSR count). The van der Waals surface area contributed by atoms with E-state index in [-0.39, 0.29) is 25.7 Å². The van der Waals surface area contributed by atoms with E-state index in [1.807, 2.05) is 0 Å². The molecule has 0 aliphatic rings. The van der Waals surface area contributed by atoms with Crippen molar-refractivity contribution in [3.8, 4) is 0 Å². The van der Waals surface area contributed by atoms with Gasteiger partial charge in [0.25, 0.3) is 0 Å². The molecule has 17 nitrogen and oxygen atoms in total. The number of ether oxygens (including phenoxy) is 4. The fraction of sp³-hybridized carbons (Fsp3) is 0.735. The van der Waals surface area contributed by atoms with E-state index in [4.69, 9.17) is 37.0 Å². The lowest BCUT2D eigenvalue weighted by atomic mass is 10.1. The van der Waals surface area contributed by atoms with Crippen LogP contribution >= 0.6 is 15.6 Å². The van der Waals surface area contributed by atoms with Gasteiger partial charge >= 0.3 is 39.5 Å². The van der Waals surface area contributed by atoms with E-state index < -0.39 is 97.5 Å². The van der Waals surface area contributed by atoms with Gasteiger partial charge in [-0.05, 0) is 161 Å². The van der Waals surface area contributed by atoms with Crippen LogP contribution in [-0.4, -0.2) is 96.7 Å². The monoisotopic (exact) mass is 1470 g/mol. The Balaban J connectivity index is 5.41. The van der Waals surface area contributed by atoms with Crippen LogP contribution in [0.3, 0.4) is 0 Å². The molecule has 0 aliphatic carbocycles. The number of hydrogen-bond acceptors (Lipinski definition) is 15. The van der Waals surface area contributed by atoms with Crippen molar-refractivity contribution in [1.29, 1.82) is 0 Å². The highest BCUT2D eigenvalue weighted by Gasteiger charge is 2.30. The molecule has 588 valence electrons. The first kappa shape index (κ1) is 97.7. The molecular formula is C83H144O17P2. The molecule has 0 spiro atoms. The smallest absolute Gasteiger partial charge is 0.462 e. The Hall–Kier alpha value is -4.28. The van der Waals surface area contributed by atoms with Crippen molar-refractivity contribution >= 4 is 39.5 Å². The van der Waals surface area contributed by atoms with Crippen LogP contribution in [0.1, 0.15) is 336 Å². The van der Waals surface area contributed by atoms with Gasteiger partial charge in [0.1, 0.15) is 19.3 Å². The second-order valence-corrected chi connectivity index (χ2v) is 29.5. The highest BCUT2D eigenvalue weighted by Crippen LogP contribution is 2.45. The van der Waals surface area contributed by atoms with Crippen LogP contribution < -0.4 is 0 Å². The van der Waals surface area contributed by atoms with Crippen LogP contribution in [0.15, 0.2) is 109 Å². The predicted molar refractivity (Wildman–Crippen MR) is 418 cm³/mol. The molecule has 102 heavy (non-hydrogen) atoms. The van der Waals surface area contributed by atoms with Gasteiger partial charge < -0.3 is 33.8 Å². The molecule has 0 heterocycles. The minimum Gasteiger partial charge on any atom is -0.462 e. The lowest BCUT2D eigenvalue weighted by Crippen LogP contribution is -2.30. The number of aliphatic hydroxyl groups excluding tert-OH is 1. The van der Waals surface area contributed by atoms with Gasteiger partial charge in [-0.3, -0.25) is 37.3 Å². The third kappa shape index (κ3) is 74.0. The van der Waals surface area contributed by atoms with E-state index in [1.54, 1.807) is 0 Å². The zero-order chi connectivity index (χ0) is 74.6. The lowest BCUT2D eigenvalue weighted by Gasteiger charge is -2.21. The quantitative estimate of drug-likeness (QED) is 0.0169. The Bertz CT molecular complexity index is 2360. The first-order chi connectivity index (χ1) is 49.7. The minimum atomic E-state index is -4.99. The van der Waals surface area contributed by atoms with Crippen LogP contribution in [0, 0.1) is 0 Å². The first-order valence-electron chi connectivity index (χ1n) is 40.1. The van der Waals surface area contributed by atoms with Crippen molar-refractivity contribution in [1.82, 2.24) is 0 Å². The molecule has 5 atom stereocenters. The summed E-state index contributed by atoms with van der Waals surface area (Å²) >= 11 is 0.